The quantitative estimate of drug-likeness (QED) is 0.750. The number of piperazine rings is 1. The van der Waals surface area contributed by atoms with Gasteiger partial charge in [-0.3, -0.25) is 14.5 Å². The van der Waals surface area contributed by atoms with Gasteiger partial charge in [-0.15, -0.1) is 0 Å². The molecule has 0 radical (unpaired) electrons. The highest BCUT2D eigenvalue weighted by molar-refractivity contribution is 5.84. The smallest absolute Gasteiger partial charge is 0.242 e. The average molecular weight is 365 g/mol. The third-order valence-corrected chi connectivity index (χ3v) is 4.89. The lowest BCUT2D eigenvalue weighted by molar-refractivity contribution is -0.129. The van der Waals surface area contributed by atoms with Crippen molar-refractivity contribution in [3.63, 3.8) is 0 Å². The van der Waals surface area contributed by atoms with Crippen LogP contribution in [0.25, 0.3) is 10.9 Å². The summed E-state index contributed by atoms with van der Waals surface area (Å²) in [5.41, 5.74) is 3.08. The molecule has 0 saturated carbocycles. The normalized spacial score (nSPS) is 17.9. The van der Waals surface area contributed by atoms with Crippen LogP contribution in [0.5, 0.6) is 0 Å². The molecule has 3 aromatic rings. The lowest BCUT2D eigenvalue weighted by Gasteiger charge is -2.35. The number of nitrogens with one attached hydrogen (secondary N) is 2. The number of hydrogen-bond donors (Lipinski definition) is 2. The Labute approximate surface area is 155 Å². The van der Waals surface area contributed by atoms with E-state index in [4.69, 9.17) is 0 Å². The molecule has 27 heavy (non-hydrogen) atoms. The zero-order chi connectivity index (χ0) is 19.0. The first kappa shape index (κ1) is 17.4. The van der Waals surface area contributed by atoms with E-state index in [1.54, 1.807) is 18.2 Å². The van der Waals surface area contributed by atoms with Crippen molar-refractivity contribution in [1.82, 2.24) is 15.2 Å². The summed E-state index contributed by atoms with van der Waals surface area (Å²) in [5, 5.41) is 3.49. The maximum absolute atomic E-state index is 13.7. The van der Waals surface area contributed by atoms with Crippen molar-refractivity contribution < 1.29 is 9.18 Å². The largest absolute Gasteiger partial charge is 0.357 e. The number of carbonyl (C=O) groups excluding carboxylic acids is 1. The third-order valence-electron chi connectivity index (χ3n) is 4.89. The minimum Gasteiger partial charge on any atom is -0.357 e. The van der Waals surface area contributed by atoms with Crippen LogP contribution in [-0.4, -0.2) is 28.9 Å². The van der Waals surface area contributed by atoms with Crippen molar-refractivity contribution in [2.75, 3.05) is 13.1 Å². The Morgan fingerprint density at radius 3 is 2.81 bits per heavy atom. The number of aromatic amines is 1. The number of H-pyrrole nitrogens is 1. The zero-order valence-electron chi connectivity index (χ0n) is 15.0. The molecule has 1 aliphatic rings. The van der Waals surface area contributed by atoms with E-state index in [1.165, 1.54) is 12.1 Å². The number of aryl methyl sites for hydroxylation is 1. The predicted molar refractivity (Wildman–Crippen MR) is 102 cm³/mol. The van der Waals surface area contributed by atoms with Crippen molar-refractivity contribution in [3.05, 3.63) is 81.4 Å². The first-order valence-electron chi connectivity index (χ1n) is 8.91. The number of fused-ring (bicyclic) bond motifs is 1. The minimum atomic E-state index is -0.591. The van der Waals surface area contributed by atoms with Gasteiger partial charge in [-0.2, -0.15) is 0 Å². The maximum Gasteiger partial charge on any atom is 0.242 e. The molecule has 1 aromatic heterocycles. The number of pyridine rings is 1. The number of hydrogen-bond acceptors (Lipinski definition) is 3. The topological polar surface area (TPSA) is 65.2 Å². The molecule has 4 rings (SSSR count). The highest BCUT2D eigenvalue weighted by Gasteiger charge is 2.31. The van der Waals surface area contributed by atoms with Gasteiger partial charge >= 0.3 is 0 Å². The zero-order valence-corrected chi connectivity index (χ0v) is 15.0. The van der Waals surface area contributed by atoms with E-state index in [-0.39, 0.29) is 17.2 Å². The SMILES string of the molecule is Cc1ccc2[nH]c(CN3CCNC(=O)C3c3cccc(F)c3)cc(=O)c2c1. The molecule has 2 heterocycles. The molecule has 6 heteroatoms. The number of nitrogens with zero attached hydrogens (tertiary/aromatic N) is 1. The summed E-state index contributed by atoms with van der Waals surface area (Å²) >= 11 is 0. The van der Waals surface area contributed by atoms with Gasteiger partial charge in [-0.05, 0) is 36.8 Å². The predicted octanol–water partition coefficient (Wildman–Crippen LogP) is 2.65. The number of carbonyl (C=O) groups is 1. The van der Waals surface area contributed by atoms with Gasteiger partial charge in [0.05, 0.1) is 0 Å². The molecule has 138 valence electrons. The molecule has 1 atom stereocenters. The highest BCUT2D eigenvalue weighted by atomic mass is 19.1. The Kier molecular flexibility index (Phi) is 4.49. The second-order valence-corrected chi connectivity index (χ2v) is 6.93. The standard InChI is InChI=1S/C21H20FN3O2/c1-13-5-6-18-17(9-13)19(26)11-16(24-18)12-25-8-7-23-21(27)20(25)14-3-2-4-15(22)10-14/h2-6,9-11,20H,7-8,12H2,1H3,(H,23,27)(H,24,26). The summed E-state index contributed by atoms with van der Waals surface area (Å²) in [6, 6.07) is 12.8. The van der Waals surface area contributed by atoms with E-state index in [1.807, 2.05) is 30.0 Å². The molecular weight excluding hydrogens is 345 g/mol. The van der Waals surface area contributed by atoms with Gasteiger partial charge in [0.25, 0.3) is 0 Å². The second kappa shape index (κ2) is 6.96. The number of halogens is 1. The Morgan fingerprint density at radius 1 is 1.15 bits per heavy atom. The van der Waals surface area contributed by atoms with Gasteiger partial charge < -0.3 is 10.3 Å². The maximum atomic E-state index is 13.7. The van der Waals surface area contributed by atoms with Gasteiger partial charge in [-0.1, -0.05) is 23.8 Å². The molecule has 5 nitrogen and oxygen atoms in total. The fourth-order valence-corrected chi connectivity index (χ4v) is 3.64. The van der Waals surface area contributed by atoms with Crippen LogP contribution in [0.2, 0.25) is 0 Å². The van der Waals surface area contributed by atoms with E-state index in [0.717, 1.165) is 16.8 Å². The summed E-state index contributed by atoms with van der Waals surface area (Å²) < 4.78 is 13.7. The summed E-state index contributed by atoms with van der Waals surface area (Å²) in [7, 11) is 0. The molecule has 1 aliphatic heterocycles. The van der Waals surface area contributed by atoms with Crippen molar-refractivity contribution in [2.24, 2.45) is 0 Å². The monoisotopic (exact) mass is 365 g/mol. The molecule has 2 aromatic carbocycles. The number of rotatable bonds is 3. The Balaban J connectivity index is 1.69. The van der Waals surface area contributed by atoms with Crippen LogP contribution in [0.1, 0.15) is 22.9 Å². The molecule has 0 spiro atoms. The molecule has 1 saturated heterocycles. The van der Waals surface area contributed by atoms with E-state index in [9.17, 15) is 14.0 Å². The molecule has 0 bridgehead atoms. The van der Waals surface area contributed by atoms with E-state index < -0.39 is 6.04 Å². The van der Waals surface area contributed by atoms with Crippen LogP contribution in [0.4, 0.5) is 4.39 Å². The molecular formula is C21H20FN3O2. The molecule has 0 aliphatic carbocycles. The van der Waals surface area contributed by atoms with Crippen LogP contribution < -0.4 is 10.7 Å². The van der Waals surface area contributed by atoms with Gasteiger partial charge in [0.2, 0.25) is 5.91 Å². The van der Waals surface area contributed by atoms with E-state index in [0.29, 0.717) is 30.6 Å². The average Bonchev–Trinajstić information content (AvgIpc) is 2.62. The van der Waals surface area contributed by atoms with Crippen molar-refractivity contribution in [2.45, 2.75) is 19.5 Å². The lowest BCUT2D eigenvalue weighted by atomic mass is 10.0. The highest BCUT2D eigenvalue weighted by Crippen LogP contribution is 2.25. The Hall–Kier alpha value is -2.99. The molecule has 1 unspecified atom stereocenters. The summed E-state index contributed by atoms with van der Waals surface area (Å²) in [4.78, 5) is 30.2. The first-order valence-corrected chi connectivity index (χ1v) is 8.91. The van der Waals surface area contributed by atoms with Crippen LogP contribution in [0.3, 0.4) is 0 Å². The van der Waals surface area contributed by atoms with Crippen LogP contribution in [0.15, 0.2) is 53.3 Å². The molecule has 1 amide bonds. The minimum absolute atomic E-state index is 0.0498. The fourth-order valence-electron chi connectivity index (χ4n) is 3.64. The van der Waals surface area contributed by atoms with Gasteiger partial charge in [-0.25, -0.2) is 4.39 Å². The second-order valence-electron chi connectivity index (χ2n) is 6.93. The third kappa shape index (κ3) is 3.48. The summed E-state index contributed by atoms with van der Waals surface area (Å²) in [5.74, 6) is -0.536. The molecule has 1 fully saturated rings. The first-order chi connectivity index (χ1) is 13.0. The van der Waals surface area contributed by atoms with Crippen molar-refractivity contribution in [1.29, 1.82) is 0 Å². The van der Waals surface area contributed by atoms with E-state index in [2.05, 4.69) is 10.3 Å². The van der Waals surface area contributed by atoms with Crippen LogP contribution in [-0.2, 0) is 11.3 Å². The van der Waals surface area contributed by atoms with Crippen molar-refractivity contribution >= 4 is 16.8 Å². The number of amides is 1. The lowest BCUT2D eigenvalue weighted by Crippen LogP contribution is -2.49. The van der Waals surface area contributed by atoms with E-state index >= 15 is 0 Å². The van der Waals surface area contributed by atoms with Crippen LogP contribution in [0, 0.1) is 12.7 Å². The van der Waals surface area contributed by atoms with Crippen LogP contribution >= 0.6 is 0 Å². The fraction of sp³-hybridized carbons (Fsp3) is 0.238. The summed E-state index contributed by atoms with van der Waals surface area (Å²) in [6.45, 7) is 3.47. The van der Waals surface area contributed by atoms with Gasteiger partial charge in [0.1, 0.15) is 11.9 Å². The molecule has 2 N–H and O–H groups in total. The Bertz CT molecular complexity index is 1080. The summed E-state index contributed by atoms with van der Waals surface area (Å²) in [6.07, 6.45) is 0. The van der Waals surface area contributed by atoms with Gasteiger partial charge in [0.15, 0.2) is 5.43 Å². The number of aromatic nitrogens is 1. The van der Waals surface area contributed by atoms with Crippen molar-refractivity contribution in [3.8, 4) is 0 Å². The number of benzene rings is 2. The Morgan fingerprint density at radius 2 is 2.00 bits per heavy atom. The van der Waals surface area contributed by atoms with Gasteiger partial charge in [0, 0.05) is 42.3 Å².